The van der Waals surface area contributed by atoms with Gasteiger partial charge in [0.25, 0.3) is 0 Å². The largest absolute Gasteiger partial charge is 0.368 e. The molecule has 1 aliphatic heterocycles. The third kappa shape index (κ3) is 2.35. The number of hydrogen-bond acceptors (Lipinski definition) is 3. The Morgan fingerprint density at radius 2 is 2.06 bits per heavy atom. The number of carbonyl (C=O) groups is 1. The summed E-state index contributed by atoms with van der Waals surface area (Å²) in [4.78, 5) is 11.9. The molecule has 0 radical (unpaired) electrons. The molecule has 4 nitrogen and oxygen atoms in total. The van der Waals surface area contributed by atoms with Gasteiger partial charge in [0.05, 0.1) is 6.07 Å². The molecule has 0 bridgehead atoms. The Morgan fingerprint density at radius 3 is 2.62 bits per heavy atom. The molecule has 1 heterocycles. The predicted octanol–water partition coefficient (Wildman–Crippen LogP) is 1.51. The van der Waals surface area contributed by atoms with Crippen LogP contribution in [0.3, 0.4) is 0 Å². The van der Waals surface area contributed by atoms with Crippen molar-refractivity contribution < 1.29 is 9.53 Å². The highest BCUT2D eigenvalue weighted by atomic mass is 16.5. The van der Waals surface area contributed by atoms with Gasteiger partial charge in [-0.1, -0.05) is 0 Å². The molecule has 1 saturated carbocycles. The third-order valence-electron chi connectivity index (χ3n) is 3.51. The number of hydrogen-bond donors (Lipinski definition) is 1. The van der Waals surface area contributed by atoms with E-state index >= 15 is 0 Å². The molecule has 1 atom stereocenters. The summed E-state index contributed by atoms with van der Waals surface area (Å²) in [5, 5.41) is 12.0. The lowest BCUT2D eigenvalue weighted by molar-refractivity contribution is -0.136. The Morgan fingerprint density at radius 1 is 1.31 bits per heavy atom. The van der Waals surface area contributed by atoms with Gasteiger partial charge in [-0.25, -0.2) is 0 Å². The van der Waals surface area contributed by atoms with E-state index in [2.05, 4.69) is 11.4 Å². The van der Waals surface area contributed by atoms with E-state index in [4.69, 9.17) is 10.00 Å². The first-order valence-corrected chi connectivity index (χ1v) is 6.11. The van der Waals surface area contributed by atoms with Gasteiger partial charge >= 0.3 is 0 Å². The summed E-state index contributed by atoms with van der Waals surface area (Å²) in [5.74, 6) is -0.0943. The van der Waals surface area contributed by atoms with Crippen LogP contribution in [-0.4, -0.2) is 24.2 Å². The summed E-state index contributed by atoms with van der Waals surface area (Å²) >= 11 is 0. The van der Waals surface area contributed by atoms with Gasteiger partial charge in [0.2, 0.25) is 5.91 Å². The molecule has 0 aromatic heterocycles. The van der Waals surface area contributed by atoms with Crippen LogP contribution < -0.4 is 5.32 Å². The van der Waals surface area contributed by atoms with E-state index in [1.165, 1.54) is 0 Å². The standard InChI is InChI=1S/C12H18N2O2/c13-9-12(6-2-3-7-12)14-11(15)10-5-1-4-8-16-10/h10H,1-8H2,(H,14,15). The van der Waals surface area contributed by atoms with Crippen LogP contribution in [0.4, 0.5) is 0 Å². The van der Waals surface area contributed by atoms with E-state index < -0.39 is 5.54 Å². The zero-order chi connectivity index (χ0) is 11.4. The maximum absolute atomic E-state index is 11.9. The number of carbonyl (C=O) groups excluding carboxylic acids is 1. The van der Waals surface area contributed by atoms with Crippen molar-refractivity contribution in [3.05, 3.63) is 0 Å². The third-order valence-corrected chi connectivity index (χ3v) is 3.51. The summed E-state index contributed by atoms with van der Waals surface area (Å²) in [6.45, 7) is 0.664. The van der Waals surface area contributed by atoms with Crippen LogP contribution in [0.2, 0.25) is 0 Å². The topological polar surface area (TPSA) is 62.1 Å². The van der Waals surface area contributed by atoms with E-state index in [0.29, 0.717) is 6.61 Å². The van der Waals surface area contributed by atoms with Crippen molar-refractivity contribution in [3.63, 3.8) is 0 Å². The molecule has 0 aromatic carbocycles. The number of ether oxygens (including phenoxy) is 1. The van der Waals surface area contributed by atoms with Crippen LogP contribution in [0.15, 0.2) is 0 Å². The number of rotatable bonds is 2. The zero-order valence-corrected chi connectivity index (χ0v) is 9.50. The number of nitrogens with one attached hydrogen (secondary N) is 1. The number of nitriles is 1. The van der Waals surface area contributed by atoms with E-state index in [-0.39, 0.29) is 12.0 Å². The van der Waals surface area contributed by atoms with Gasteiger partial charge in [-0.05, 0) is 44.9 Å². The summed E-state index contributed by atoms with van der Waals surface area (Å²) in [5.41, 5.74) is -0.613. The first kappa shape index (κ1) is 11.4. The zero-order valence-electron chi connectivity index (χ0n) is 9.50. The van der Waals surface area contributed by atoms with Crippen molar-refractivity contribution in [2.75, 3.05) is 6.61 Å². The summed E-state index contributed by atoms with van der Waals surface area (Å²) < 4.78 is 5.42. The predicted molar refractivity (Wildman–Crippen MR) is 58.5 cm³/mol. The quantitative estimate of drug-likeness (QED) is 0.770. The van der Waals surface area contributed by atoms with Crippen LogP contribution >= 0.6 is 0 Å². The minimum Gasteiger partial charge on any atom is -0.368 e. The normalized spacial score (nSPS) is 28.3. The number of amides is 1. The van der Waals surface area contributed by atoms with Crippen molar-refractivity contribution in [1.82, 2.24) is 5.32 Å². The molecule has 88 valence electrons. The molecule has 1 unspecified atom stereocenters. The van der Waals surface area contributed by atoms with Crippen molar-refractivity contribution in [3.8, 4) is 6.07 Å². The Hall–Kier alpha value is -1.08. The molecule has 1 saturated heterocycles. The molecule has 1 aliphatic carbocycles. The van der Waals surface area contributed by atoms with E-state index in [0.717, 1.165) is 44.9 Å². The lowest BCUT2D eigenvalue weighted by atomic mass is 9.98. The average molecular weight is 222 g/mol. The van der Waals surface area contributed by atoms with Gasteiger partial charge in [-0.3, -0.25) is 4.79 Å². The van der Waals surface area contributed by atoms with Crippen LogP contribution in [-0.2, 0) is 9.53 Å². The Balaban J connectivity index is 1.92. The van der Waals surface area contributed by atoms with Gasteiger partial charge in [-0.15, -0.1) is 0 Å². The van der Waals surface area contributed by atoms with Crippen LogP contribution in [0.5, 0.6) is 0 Å². The van der Waals surface area contributed by atoms with Crippen molar-refractivity contribution in [2.24, 2.45) is 0 Å². The average Bonchev–Trinajstić information content (AvgIpc) is 2.79. The first-order valence-electron chi connectivity index (χ1n) is 6.11. The van der Waals surface area contributed by atoms with Crippen LogP contribution in [0.25, 0.3) is 0 Å². The lowest BCUT2D eigenvalue weighted by Crippen LogP contribution is -2.50. The highest BCUT2D eigenvalue weighted by Crippen LogP contribution is 2.29. The molecule has 0 spiro atoms. The molecule has 2 rings (SSSR count). The Bertz CT molecular complexity index is 297. The van der Waals surface area contributed by atoms with Gasteiger partial charge in [0, 0.05) is 6.61 Å². The fraction of sp³-hybridized carbons (Fsp3) is 0.833. The molecule has 1 N–H and O–H groups in total. The molecule has 4 heteroatoms. The minimum absolute atomic E-state index is 0.0943. The van der Waals surface area contributed by atoms with Gasteiger partial charge in [-0.2, -0.15) is 5.26 Å². The van der Waals surface area contributed by atoms with Gasteiger partial charge in [0.1, 0.15) is 11.6 Å². The van der Waals surface area contributed by atoms with Gasteiger partial charge < -0.3 is 10.1 Å². The first-order chi connectivity index (χ1) is 7.76. The van der Waals surface area contributed by atoms with Crippen molar-refractivity contribution in [2.45, 2.75) is 56.6 Å². The highest BCUT2D eigenvalue weighted by molar-refractivity contribution is 5.82. The number of nitrogens with zero attached hydrogens (tertiary/aromatic N) is 1. The maximum atomic E-state index is 11.9. The maximum Gasteiger partial charge on any atom is 0.250 e. The molecule has 2 aliphatic rings. The lowest BCUT2D eigenvalue weighted by Gasteiger charge is -2.27. The van der Waals surface area contributed by atoms with Gasteiger partial charge in [0.15, 0.2) is 0 Å². The fourth-order valence-corrected chi connectivity index (χ4v) is 2.51. The molecular formula is C12H18N2O2. The molecule has 2 fully saturated rings. The summed E-state index contributed by atoms with van der Waals surface area (Å²) in [6.07, 6.45) is 6.14. The van der Waals surface area contributed by atoms with Crippen molar-refractivity contribution in [1.29, 1.82) is 5.26 Å². The van der Waals surface area contributed by atoms with Crippen LogP contribution in [0.1, 0.15) is 44.9 Å². The molecule has 0 aromatic rings. The molecular weight excluding hydrogens is 204 g/mol. The van der Waals surface area contributed by atoms with E-state index in [1.807, 2.05) is 0 Å². The second kappa shape index (κ2) is 4.84. The minimum atomic E-state index is -0.613. The summed E-state index contributed by atoms with van der Waals surface area (Å²) in [7, 11) is 0. The highest BCUT2D eigenvalue weighted by Gasteiger charge is 2.37. The Labute approximate surface area is 96.0 Å². The SMILES string of the molecule is N#CC1(NC(=O)C2CCCCO2)CCCC1. The monoisotopic (exact) mass is 222 g/mol. The second-order valence-electron chi connectivity index (χ2n) is 4.75. The molecule has 16 heavy (non-hydrogen) atoms. The summed E-state index contributed by atoms with van der Waals surface area (Å²) in [6, 6.07) is 2.26. The Kier molecular flexibility index (Phi) is 3.45. The van der Waals surface area contributed by atoms with Crippen molar-refractivity contribution >= 4 is 5.91 Å². The second-order valence-corrected chi connectivity index (χ2v) is 4.75. The fourth-order valence-electron chi connectivity index (χ4n) is 2.51. The van der Waals surface area contributed by atoms with E-state index in [9.17, 15) is 4.79 Å². The van der Waals surface area contributed by atoms with E-state index in [1.54, 1.807) is 0 Å². The van der Waals surface area contributed by atoms with Crippen LogP contribution in [0, 0.1) is 11.3 Å². The smallest absolute Gasteiger partial charge is 0.250 e. The molecule has 1 amide bonds.